The molecule has 2 rings (SSSR count). The lowest BCUT2D eigenvalue weighted by Gasteiger charge is -2.10. The van der Waals surface area contributed by atoms with Crippen LogP contribution in [-0.2, 0) is 0 Å². The highest BCUT2D eigenvalue weighted by molar-refractivity contribution is 9.10. The molecule has 4 N–H and O–H groups in total. The fourth-order valence-corrected chi connectivity index (χ4v) is 1.82. The number of rotatable bonds is 3. The Labute approximate surface area is 127 Å². The van der Waals surface area contributed by atoms with Crippen LogP contribution in [0.5, 0.6) is 0 Å². The van der Waals surface area contributed by atoms with Gasteiger partial charge in [-0.1, -0.05) is 5.16 Å². The highest BCUT2D eigenvalue weighted by atomic mass is 79.9. The summed E-state index contributed by atoms with van der Waals surface area (Å²) in [5, 5.41) is 14.0. The Kier molecular flexibility index (Phi) is 4.49. The quantitative estimate of drug-likeness (QED) is 0.341. The van der Waals surface area contributed by atoms with Crippen LogP contribution in [0.2, 0.25) is 0 Å². The molecule has 1 amide bonds. The Morgan fingerprint density at radius 1 is 1.38 bits per heavy atom. The summed E-state index contributed by atoms with van der Waals surface area (Å²) in [4.78, 5) is 16.0. The first-order valence-corrected chi connectivity index (χ1v) is 6.51. The van der Waals surface area contributed by atoms with Crippen LogP contribution in [0.15, 0.2) is 46.2 Å². The normalized spacial score (nSPS) is 11.2. The van der Waals surface area contributed by atoms with E-state index in [2.05, 4.69) is 31.4 Å². The Morgan fingerprint density at radius 2 is 2.14 bits per heavy atom. The molecule has 0 spiro atoms. The van der Waals surface area contributed by atoms with Crippen LogP contribution in [0.4, 0.5) is 10.1 Å². The molecule has 0 atom stereocenters. The number of amides is 1. The van der Waals surface area contributed by atoms with Gasteiger partial charge in [0.25, 0.3) is 5.91 Å². The number of carbonyl (C=O) groups is 1. The molecule has 0 aliphatic rings. The second-order valence-corrected chi connectivity index (χ2v) is 4.91. The van der Waals surface area contributed by atoms with Crippen molar-refractivity contribution in [2.24, 2.45) is 10.9 Å². The highest BCUT2D eigenvalue weighted by Gasteiger charge is 2.13. The number of amidine groups is 1. The minimum absolute atomic E-state index is 0.0722. The number of aromatic nitrogens is 1. The first kappa shape index (κ1) is 14.9. The number of anilines is 1. The molecular formula is C13H10BrFN4O2. The van der Waals surface area contributed by atoms with E-state index < -0.39 is 11.7 Å². The van der Waals surface area contributed by atoms with Gasteiger partial charge in [0.05, 0.1) is 5.69 Å². The van der Waals surface area contributed by atoms with Gasteiger partial charge in [0.2, 0.25) is 0 Å². The van der Waals surface area contributed by atoms with Crippen molar-refractivity contribution in [2.45, 2.75) is 0 Å². The molecule has 1 aromatic carbocycles. The van der Waals surface area contributed by atoms with Crippen molar-refractivity contribution in [1.29, 1.82) is 0 Å². The second-order valence-electron chi connectivity index (χ2n) is 3.99. The molecule has 0 aliphatic heterocycles. The molecule has 21 heavy (non-hydrogen) atoms. The molecule has 0 bridgehead atoms. The first-order chi connectivity index (χ1) is 10.0. The molecule has 0 unspecified atom stereocenters. The van der Waals surface area contributed by atoms with Crippen LogP contribution in [0.25, 0.3) is 0 Å². The molecule has 1 aromatic heterocycles. The molecule has 0 saturated heterocycles. The summed E-state index contributed by atoms with van der Waals surface area (Å²) in [5.74, 6) is -1.38. The summed E-state index contributed by atoms with van der Waals surface area (Å²) in [7, 11) is 0. The van der Waals surface area contributed by atoms with E-state index in [4.69, 9.17) is 10.9 Å². The van der Waals surface area contributed by atoms with Crippen molar-refractivity contribution < 1.29 is 14.4 Å². The molecule has 1 heterocycles. The smallest absolute Gasteiger partial charge is 0.274 e. The Balaban J connectivity index is 2.31. The third-order valence-electron chi connectivity index (χ3n) is 2.57. The number of hydrogen-bond donors (Lipinski definition) is 3. The van der Waals surface area contributed by atoms with Gasteiger partial charge in [-0.15, -0.1) is 0 Å². The lowest BCUT2D eigenvalue weighted by molar-refractivity contribution is 0.102. The van der Waals surface area contributed by atoms with Crippen molar-refractivity contribution >= 4 is 33.4 Å². The number of nitrogens with one attached hydrogen (secondary N) is 1. The SMILES string of the molecule is N/C(=N/O)c1cc(F)ccc1NC(=O)c1ccc(Br)cn1. The lowest BCUT2D eigenvalue weighted by atomic mass is 10.1. The average Bonchev–Trinajstić information content (AvgIpc) is 2.48. The molecule has 0 fully saturated rings. The number of nitrogens with zero attached hydrogens (tertiary/aromatic N) is 2. The zero-order valence-corrected chi connectivity index (χ0v) is 12.1. The predicted octanol–water partition coefficient (Wildman–Crippen LogP) is 2.33. The van der Waals surface area contributed by atoms with Gasteiger partial charge in [0.15, 0.2) is 5.84 Å². The molecular weight excluding hydrogens is 343 g/mol. The Morgan fingerprint density at radius 3 is 2.76 bits per heavy atom. The minimum atomic E-state index is -0.573. The van der Waals surface area contributed by atoms with Crippen LogP contribution in [0, 0.1) is 5.82 Å². The number of hydrogen-bond acceptors (Lipinski definition) is 4. The van der Waals surface area contributed by atoms with E-state index >= 15 is 0 Å². The summed E-state index contributed by atoms with van der Waals surface area (Å²) in [5.41, 5.74) is 5.91. The Bertz CT molecular complexity index is 704. The van der Waals surface area contributed by atoms with Crippen LogP contribution >= 0.6 is 15.9 Å². The van der Waals surface area contributed by atoms with Gasteiger partial charge in [-0.3, -0.25) is 4.79 Å². The zero-order chi connectivity index (χ0) is 15.4. The molecule has 0 aliphatic carbocycles. The van der Waals surface area contributed by atoms with E-state index in [1.807, 2.05) is 0 Å². The number of pyridine rings is 1. The average molecular weight is 353 g/mol. The number of oxime groups is 1. The van der Waals surface area contributed by atoms with E-state index in [9.17, 15) is 9.18 Å². The van der Waals surface area contributed by atoms with Gasteiger partial charge in [-0.2, -0.15) is 0 Å². The van der Waals surface area contributed by atoms with Crippen molar-refractivity contribution in [2.75, 3.05) is 5.32 Å². The molecule has 108 valence electrons. The number of nitrogens with two attached hydrogens (primary N) is 1. The first-order valence-electron chi connectivity index (χ1n) is 5.71. The fraction of sp³-hybridized carbons (Fsp3) is 0. The summed E-state index contributed by atoms with van der Waals surface area (Å²) in [6, 6.07) is 6.71. The Hall–Kier alpha value is -2.48. The zero-order valence-electron chi connectivity index (χ0n) is 10.5. The number of halogens is 2. The standard InChI is InChI=1S/C13H10BrFN4O2/c14-7-1-3-11(17-6-7)13(20)18-10-4-2-8(15)5-9(10)12(16)19-21/h1-6,21H,(H2,16,19)(H,18,20). The van der Waals surface area contributed by atoms with Crippen molar-refractivity contribution in [1.82, 2.24) is 4.98 Å². The predicted molar refractivity (Wildman–Crippen MR) is 78.8 cm³/mol. The van der Waals surface area contributed by atoms with E-state index in [1.54, 1.807) is 6.07 Å². The second kappa shape index (κ2) is 6.31. The maximum atomic E-state index is 13.2. The molecule has 6 nitrogen and oxygen atoms in total. The van der Waals surface area contributed by atoms with Crippen LogP contribution in [-0.4, -0.2) is 21.9 Å². The van der Waals surface area contributed by atoms with Crippen molar-refractivity contribution in [3.63, 3.8) is 0 Å². The van der Waals surface area contributed by atoms with Crippen molar-refractivity contribution in [3.05, 3.63) is 58.1 Å². The number of benzene rings is 1. The van der Waals surface area contributed by atoms with Gasteiger partial charge in [0, 0.05) is 16.2 Å². The van der Waals surface area contributed by atoms with Gasteiger partial charge in [0.1, 0.15) is 11.5 Å². The minimum Gasteiger partial charge on any atom is -0.409 e. The van der Waals surface area contributed by atoms with E-state index in [1.165, 1.54) is 18.3 Å². The maximum Gasteiger partial charge on any atom is 0.274 e. The third kappa shape index (κ3) is 3.54. The third-order valence-corrected chi connectivity index (χ3v) is 3.04. The topological polar surface area (TPSA) is 101 Å². The van der Waals surface area contributed by atoms with Gasteiger partial charge < -0.3 is 16.3 Å². The van der Waals surface area contributed by atoms with Gasteiger partial charge >= 0.3 is 0 Å². The van der Waals surface area contributed by atoms with Crippen molar-refractivity contribution in [3.8, 4) is 0 Å². The molecule has 0 saturated carbocycles. The molecule has 2 aromatic rings. The lowest BCUT2D eigenvalue weighted by Crippen LogP contribution is -2.20. The number of carbonyl (C=O) groups excluding carboxylic acids is 1. The maximum absolute atomic E-state index is 13.2. The van der Waals surface area contributed by atoms with E-state index in [0.29, 0.717) is 0 Å². The summed E-state index contributed by atoms with van der Waals surface area (Å²) >= 11 is 3.21. The summed E-state index contributed by atoms with van der Waals surface area (Å²) in [6.45, 7) is 0. The van der Waals surface area contributed by atoms with Crippen LogP contribution < -0.4 is 11.1 Å². The largest absolute Gasteiger partial charge is 0.409 e. The highest BCUT2D eigenvalue weighted by Crippen LogP contribution is 2.18. The van der Waals surface area contributed by atoms with E-state index in [-0.39, 0.29) is 22.8 Å². The molecule has 0 radical (unpaired) electrons. The summed E-state index contributed by atoms with van der Waals surface area (Å²) < 4.78 is 14.0. The van der Waals surface area contributed by atoms with Crippen LogP contribution in [0.1, 0.15) is 16.1 Å². The van der Waals surface area contributed by atoms with E-state index in [0.717, 1.165) is 16.6 Å². The summed E-state index contributed by atoms with van der Waals surface area (Å²) in [6.07, 6.45) is 1.48. The van der Waals surface area contributed by atoms with Gasteiger partial charge in [-0.25, -0.2) is 9.37 Å². The molecule has 8 heteroatoms. The van der Waals surface area contributed by atoms with Crippen LogP contribution in [0.3, 0.4) is 0 Å². The fourth-order valence-electron chi connectivity index (χ4n) is 1.59. The monoisotopic (exact) mass is 352 g/mol. The van der Waals surface area contributed by atoms with Gasteiger partial charge in [-0.05, 0) is 46.3 Å².